The van der Waals surface area contributed by atoms with E-state index in [0.29, 0.717) is 13.1 Å². The van der Waals surface area contributed by atoms with E-state index in [1.165, 1.54) is 0 Å². The van der Waals surface area contributed by atoms with Crippen molar-refractivity contribution in [3.05, 3.63) is 0 Å². The van der Waals surface area contributed by atoms with E-state index in [-0.39, 0.29) is 24.5 Å². The van der Waals surface area contributed by atoms with Gasteiger partial charge in [-0.2, -0.15) is 0 Å². The topological polar surface area (TPSA) is 49.8 Å². The Bertz CT molecular complexity index is 247. The minimum Gasteiger partial charge on any atom is -0.393 e. The van der Waals surface area contributed by atoms with Crippen molar-refractivity contribution in [2.45, 2.75) is 33.3 Å². The lowest BCUT2D eigenvalue weighted by molar-refractivity contribution is -0.168. The van der Waals surface area contributed by atoms with Crippen molar-refractivity contribution in [1.82, 2.24) is 4.90 Å². The zero-order chi connectivity index (χ0) is 11.7. The molecule has 0 bridgehead atoms. The molecule has 1 amide bonds. The molecule has 0 aromatic heterocycles. The summed E-state index contributed by atoms with van der Waals surface area (Å²) in [4.78, 5) is 13.4. The van der Waals surface area contributed by atoms with Crippen LogP contribution in [0.15, 0.2) is 0 Å². The fourth-order valence-corrected chi connectivity index (χ4v) is 1.68. The Hall–Kier alpha value is -0.610. The second-order valence-corrected chi connectivity index (χ2v) is 5.71. The number of carbonyl (C=O) groups excluding carboxylic acids is 1. The number of ether oxygens (including phenoxy) is 1. The molecule has 15 heavy (non-hydrogen) atoms. The highest BCUT2D eigenvalue weighted by Crippen LogP contribution is 2.22. The van der Waals surface area contributed by atoms with Crippen LogP contribution in [0, 0.1) is 5.41 Å². The lowest BCUT2D eigenvalue weighted by Gasteiger charge is -2.41. The summed E-state index contributed by atoms with van der Waals surface area (Å²) in [6.45, 7) is 9.29. The summed E-state index contributed by atoms with van der Waals surface area (Å²) in [7, 11) is 0. The molecule has 0 spiro atoms. The van der Waals surface area contributed by atoms with Crippen molar-refractivity contribution < 1.29 is 14.6 Å². The number of aliphatic hydroxyl groups is 1. The van der Waals surface area contributed by atoms with Crippen molar-refractivity contribution in [2.24, 2.45) is 5.41 Å². The third kappa shape index (κ3) is 3.47. The fraction of sp³-hybridized carbons (Fsp3) is 0.909. The number of rotatable bonds is 2. The van der Waals surface area contributed by atoms with Gasteiger partial charge in [0.25, 0.3) is 0 Å². The van der Waals surface area contributed by atoms with Crippen molar-refractivity contribution >= 4 is 5.91 Å². The van der Waals surface area contributed by atoms with Crippen LogP contribution in [-0.2, 0) is 9.53 Å². The molecule has 1 heterocycles. The number of hydrogen-bond acceptors (Lipinski definition) is 3. The third-order valence-electron chi connectivity index (χ3n) is 2.42. The normalized spacial score (nSPS) is 28.3. The van der Waals surface area contributed by atoms with E-state index in [0.717, 1.165) is 0 Å². The van der Waals surface area contributed by atoms with Gasteiger partial charge in [-0.25, -0.2) is 0 Å². The van der Waals surface area contributed by atoms with Gasteiger partial charge in [0.2, 0.25) is 5.91 Å². The van der Waals surface area contributed by atoms with Crippen LogP contribution in [-0.4, -0.2) is 47.8 Å². The number of amides is 1. The van der Waals surface area contributed by atoms with Gasteiger partial charge < -0.3 is 14.7 Å². The molecule has 1 saturated heterocycles. The Morgan fingerprint density at radius 1 is 1.53 bits per heavy atom. The summed E-state index contributed by atoms with van der Waals surface area (Å²) < 4.78 is 5.33. The van der Waals surface area contributed by atoms with E-state index in [9.17, 15) is 9.90 Å². The van der Waals surface area contributed by atoms with E-state index >= 15 is 0 Å². The molecular weight excluding hydrogens is 194 g/mol. The van der Waals surface area contributed by atoms with Crippen LogP contribution in [0.3, 0.4) is 0 Å². The molecule has 4 heteroatoms. The van der Waals surface area contributed by atoms with E-state index in [4.69, 9.17) is 4.74 Å². The largest absolute Gasteiger partial charge is 0.393 e. The lowest BCUT2D eigenvalue weighted by atomic mass is 9.94. The second-order valence-electron chi connectivity index (χ2n) is 5.71. The van der Waals surface area contributed by atoms with E-state index in [2.05, 4.69) is 20.8 Å². The number of carbonyl (C=O) groups is 1. The van der Waals surface area contributed by atoms with Gasteiger partial charge in [-0.1, -0.05) is 20.8 Å². The lowest BCUT2D eigenvalue weighted by Crippen LogP contribution is -2.56. The molecule has 1 fully saturated rings. The standard InChI is InChI=1S/C11H21NO3/c1-10(2,3)6-12-7-11(4,8-13)15-5-9(12)14/h13H,5-8H2,1-4H3. The van der Waals surface area contributed by atoms with Gasteiger partial charge in [0, 0.05) is 6.54 Å². The van der Waals surface area contributed by atoms with Gasteiger partial charge in [0.05, 0.1) is 13.2 Å². The predicted molar refractivity (Wildman–Crippen MR) is 57.5 cm³/mol. The summed E-state index contributed by atoms with van der Waals surface area (Å²) in [5.41, 5.74) is -0.525. The zero-order valence-corrected chi connectivity index (χ0v) is 10.0. The molecule has 1 N–H and O–H groups in total. The Balaban J connectivity index is 2.66. The summed E-state index contributed by atoms with van der Waals surface area (Å²) >= 11 is 0. The molecule has 0 saturated carbocycles. The van der Waals surface area contributed by atoms with E-state index in [1.54, 1.807) is 4.90 Å². The Kier molecular flexibility index (Phi) is 3.41. The van der Waals surface area contributed by atoms with Gasteiger partial charge in [0.1, 0.15) is 12.2 Å². The highest BCUT2D eigenvalue weighted by Gasteiger charge is 2.36. The van der Waals surface area contributed by atoms with E-state index < -0.39 is 5.60 Å². The zero-order valence-electron chi connectivity index (χ0n) is 10.0. The van der Waals surface area contributed by atoms with Crippen LogP contribution < -0.4 is 0 Å². The first-order valence-electron chi connectivity index (χ1n) is 5.28. The molecule has 1 aliphatic rings. The Labute approximate surface area is 91.2 Å². The van der Waals surface area contributed by atoms with Crippen molar-refractivity contribution in [2.75, 3.05) is 26.3 Å². The maximum atomic E-state index is 11.6. The number of nitrogens with zero attached hydrogens (tertiary/aromatic N) is 1. The van der Waals surface area contributed by atoms with Gasteiger partial charge in [0.15, 0.2) is 0 Å². The van der Waals surface area contributed by atoms with Crippen LogP contribution in [0.25, 0.3) is 0 Å². The van der Waals surface area contributed by atoms with Gasteiger partial charge in [-0.05, 0) is 12.3 Å². The number of aliphatic hydroxyl groups excluding tert-OH is 1. The van der Waals surface area contributed by atoms with Gasteiger partial charge in [-0.3, -0.25) is 4.79 Å². The molecule has 0 aliphatic carbocycles. The molecule has 88 valence electrons. The van der Waals surface area contributed by atoms with Crippen molar-refractivity contribution in [3.8, 4) is 0 Å². The molecule has 1 atom stereocenters. The minimum absolute atomic E-state index is 0.0100. The molecule has 0 radical (unpaired) electrons. The highest BCUT2D eigenvalue weighted by atomic mass is 16.5. The first-order chi connectivity index (χ1) is 6.76. The quantitative estimate of drug-likeness (QED) is 0.735. The van der Waals surface area contributed by atoms with Crippen molar-refractivity contribution in [1.29, 1.82) is 0 Å². The highest BCUT2D eigenvalue weighted by molar-refractivity contribution is 5.78. The van der Waals surface area contributed by atoms with Crippen LogP contribution in [0.1, 0.15) is 27.7 Å². The minimum atomic E-state index is -0.598. The monoisotopic (exact) mass is 215 g/mol. The maximum Gasteiger partial charge on any atom is 0.248 e. The molecule has 0 aromatic rings. The smallest absolute Gasteiger partial charge is 0.248 e. The fourth-order valence-electron chi connectivity index (χ4n) is 1.68. The molecular formula is C11H21NO3. The SMILES string of the molecule is CC(C)(C)CN1CC(C)(CO)OCC1=O. The molecule has 1 rings (SSSR count). The summed E-state index contributed by atoms with van der Waals surface area (Å²) in [5.74, 6) is 0.0100. The van der Waals surface area contributed by atoms with Crippen LogP contribution >= 0.6 is 0 Å². The molecule has 1 aliphatic heterocycles. The first-order valence-corrected chi connectivity index (χ1v) is 5.28. The third-order valence-corrected chi connectivity index (χ3v) is 2.42. The summed E-state index contributed by atoms with van der Waals surface area (Å²) in [6, 6.07) is 0. The first kappa shape index (κ1) is 12.5. The van der Waals surface area contributed by atoms with Gasteiger partial charge in [-0.15, -0.1) is 0 Å². The molecule has 1 unspecified atom stereocenters. The molecule has 4 nitrogen and oxygen atoms in total. The van der Waals surface area contributed by atoms with Crippen molar-refractivity contribution in [3.63, 3.8) is 0 Å². The van der Waals surface area contributed by atoms with Crippen LogP contribution in [0.5, 0.6) is 0 Å². The predicted octanol–water partition coefficient (Wildman–Crippen LogP) is 0.642. The Morgan fingerprint density at radius 2 is 2.13 bits per heavy atom. The van der Waals surface area contributed by atoms with E-state index in [1.807, 2.05) is 6.92 Å². The number of hydrogen-bond donors (Lipinski definition) is 1. The maximum absolute atomic E-state index is 11.6. The van der Waals surface area contributed by atoms with Crippen LogP contribution in [0.2, 0.25) is 0 Å². The summed E-state index contributed by atoms with van der Waals surface area (Å²) in [5, 5.41) is 9.19. The average molecular weight is 215 g/mol. The second kappa shape index (κ2) is 4.10. The average Bonchev–Trinajstić information content (AvgIpc) is 2.09. The van der Waals surface area contributed by atoms with Gasteiger partial charge >= 0.3 is 0 Å². The number of morpholine rings is 1. The van der Waals surface area contributed by atoms with Crippen LogP contribution in [0.4, 0.5) is 0 Å². The molecule has 0 aromatic carbocycles. The summed E-state index contributed by atoms with van der Waals surface area (Å²) in [6.07, 6.45) is 0. The Morgan fingerprint density at radius 3 is 2.60 bits per heavy atom.